The first kappa shape index (κ1) is 20.4. The topological polar surface area (TPSA) is 42.3 Å². The lowest BCUT2D eigenvalue weighted by Gasteiger charge is -2.30. The highest BCUT2D eigenvalue weighted by atomic mass is 32.1. The van der Waals surface area contributed by atoms with Gasteiger partial charge in [0.05, 0.1) is 24.9 Å². The molecule has 0 amide bonds. The third-order valence-corrected chi connectivity index (χ3v) is 5.85. The lowest BCUT2D eigenvalue weighted by Crippen LogP contribution is -2.33. The van der Waals surface area contributed by atoms with Crippen molar-refractivity contribution in [2.24, 2.45) is 5.92 Å². The Balaban J connectivity index is 1.83. The number of aryl methyl sites for hydroxylation is 1. The maximum atomic E-state index is 5.77. The first-order valence-electron chi connectivity index (χ1n) is 10.3. The molecule has 3 heterocycles. The molecule has 156 valence electrons. The van der Waals surface area contributed by atoms with E-state index >= 15 is 0 Å². The summed E-state index contributed by atoms with van der Waals surface area (Å²) >= 11 is 5.77. The third-order valence-electron chi connectivity index (χ3n) is 5.50. The van der Waals surface area contributed by atoms with E-state index in [0.717, 1.165) is 28.8 Å². The van der Waals surface area contributed by atoms with Crippen LogP contribution >= 0.6 is 12.2 Å². The van der Waals surface area contributed by atoms with Crippen LogP contribution in [0.5, 0.6) is 5.75 Å². The van der Waals surface area contributed by atoms with E-state index in [1.54, 1.807) is 7.11 Å². The first-order valence-corrected chi connectivity index (χ1v) is 10.7. The van der Waals surface area contributed by atoms with Crippen molar-refractivity contribution in [2.45, 2.75) is 32.9 Å². The zero-order chi connectivity index (χ0) is 21.3. The number of benzene rings is 1. The molecule has 0 aliphatic carbocycles. The van der Waals surface area contributed by atoms with Crippen molar-refractivity contribution in [3.8, 4) is 11.4 Å². The molecule has 2 aromatic heterocycles. The molecule has 1 aromatic carbocycles. The van der Waals surface area contributed by atoms with Gasteiger partial charge in [0.2, 0.25) is 0 Å². The lowest BCUT2D eigenvalue weighted by molar-refractivity contribution is 0.280. The number of aromatic nitrogens is 2. The summed E-state index contributed by atoms with van der Waals surface area (Å²) in [5.74, 6) is 1.34. The van der Waals surface area contributed by atoms with E-state index in [4.69, 9.17) is 17.0 Å². The Kier molecular flexibility index (Phi) is 5.77. The quantitative estimate of drug-likeness (QED) is 0.579. The fraction of sp³-hybridized carbons (Fsp3) is 0.333. The van der Waals surface area contributed by atoms with Crippen molar-refractivity contribution in [3.05, 3.63) is 77.9 Å². The van der Waals surface area contributed by atoms with E-state index in [2.05, 4.69) is 70.9 Å². The summed E-state index contributed by atoms with van der Waals surface area (Å²) in [5.41, 5.74) is 4.48. The molecule has 1 N–H and O–H groups in total. The maximum Gasteiger partial charge on any atom is 0.170 e. The zero-order valence-corrected chi connectivity index (χ0v) is 18.7. The second kappa shape index (κ2) is 8.48. The van der Waals surface area contributed by atoms with Crippen molar-refractivity contribution in [2.75, 3.05) is 13.7 Å². The highest BCUT2D eigenvalue weighted by molar-refractivity contribution is 7.80. The first-order chi connectivity index (χ1) is 14.5. The van der Waals surface area contributed by atoms with Crippen molar-refractivity contribution < 1.29 is 4.74 Å². The number of nitrogens with zero attached hydrogens (tertiary/aromatic N) is 3. The van der Waals surface area contributed by atoms with Gasteiger partial charge in [0, 0.05) is 29.8 Å². The molecular weight excluding hydrogens is 392 g/mol. The van der Waals surface area contributed by atoms with Gasteiger partial charge < -0.3 is 19.5 Å². The molecule has 0 saturated carbocycles. The minimum atomic E-state index is -0.0104. The van der Waals surface area contributed by atoms with Crippen LogP contribution in [0.2, 0.25) is 0 Å². The molecule has 2 atom stereocenters. The average molecular weight is 421 g/mol. The Hall–Kier alpha value is -2.86. The number of pyridine rings is 1. The standard InChI is InChI=1S/C24H28N4OS/c1-16(2)15-27-23(22(26-24(27)30)20-7-5-6-14-25-20)21-13-8-17(3)28(21)18-9-11-19(29-4)12-10-18/h5-14,16,22-23H,15H2,1-4H3,(H,26,30). The van der Waals surface area contributed by atoms with Crippen LogP contribution in [0, 0.1) is 12.8 Å². The van der Waals surface area contributed by atoms with Gasteiger partial charge in [0.25, 0.3) is 0 Å². The Morgan fingerprint density at radius 3 is 2.50 bits per heavy atom. The Morgan fingerprint density at radius 2 is 1.87 bits per heavy atom. The number of hydrogen-bond donors (Lipinski definition) is 1. The highest BCUT2D eigenvalue weighted by Crippen LogP contribution is 2.40. The molecule has 1 aliphatic rings. The zero-order valence-electron chi connectivity index (χ0n) is 17.9. The molecule has 6 heteroatoms. The predicted molar refractivity (Wildman–Crippen MR) is 124 cm³/mol. The number of nitrogens with one attached hydrogen (secondary N) is 1. The normalized spacial score (nSPS) is 18.7. The molecule has 0 bridgehead atoms. The summed E-state index contributed by atoms with van der Waals surface area (Å²) in [5, 5.41) is 4.32. The molecule has 1 fully saturated rings. The number of ether oxygens (including phenoxy) is 1. The second-order valence-electron chi connectivity index (χ2n) is 8.11. The van der Waals surface area contributed by atoms with E-state index in [0.29, 0.717) is 5.92 Å². The smallest absolute Gasteiger partial charge is 0.170 e. The van der Waals surface area contributed by atoms with Crippen molar-refractivity contribution in [1.82, 2.24) is 19.8 Å². The average Bonchev–Trinajstić information content (AvgIpc) is 3.28. The fourth-order valence-corrected chi connectivity index (χ4v) is 4.51. The van der Waals surface area contributed by atoms with Crippen LogP contribution in [0.3, 0.4) is 0 Å². The van der Waals surface area contributed by atoms with Gasteiger partial charge in [0.1, 0.15) is 5.75 Å². The molecule has 30 heavy (non-hydrogen) atoms. The van der Waals surface area contributed by atoms with E-state index in [9.17, 15) is 0 Å². The molecular formula is C24H28N4OS. The Morgan fingerprint density at radius 1 is 1.10 bits per heavy atom. The molecule has 4 rings (SSSR count). The van der Waals surface area contributed by atoms with Gasteiger partial charge in [-0.1, -0.05) is 19.9 Å². The van der Waals surface area contributed by atoms with Gasteiger partial charge in [-0.15, -0.1) is 0 Å². The Bertz CT molecular complexity index is 1010. The minimum absolute atomic E-state index is 0.0104. The van der Waals surface area contributed by atoms with Crippen LogP contribution in [-0.4, -0.2) is 33.2 Å². The molecule has 1 aliphatic heterocycles. The molecule has 0 spiro atoms. The van der Waals surface area contributed by atoms with Crippen LogP contribution in [-0.2, 0) is 0 Å². The summed E-state index contributed by atoms with van der Waals surface area (Å²) in [6.45, 7) is 7.47. The summed E-state index contributed by atoms with van der Waals surface area (Å²) < 4.78 is 7.65. The van der Waals surface area contributed by atoms with Gasteiger partial charge >= 0.3 is 0 Å². The minimum Gasteiger partial charge on any atom is -0.497 e. The molecule has 1 saturated heterocycles. The van der Waals surface area contributed by atoms with Gasteiger partial charge in [0.15, 0.2) is 5.11 Å². The van der Waals surface area contributed by atoms with Crippen molar-refractivity contribution >= 4 is 17.3 Å². The molecule has 5 nitrogen and oxygen atoms in total. The third kappa shape index (κ3) is 3.79. The number of hydrogen-bond acceptors (Lipinski definition) is 3. The number of rotatable bonds is 6. The molecule has 0 radical (unpaired) electrons. The molecule has 3 aromatic rings. The van der Waals surface area contributed by atoms with Crippen molar-refractivity contribution in [3.63, 3.8) is 0 Å². The summed E-state index contributed by atoms with van der Waals surface area (Å²) in [6.07, 6.45) is 1.84. The summed E-state index contributed by atoms with van der Waals surface area (Å²) in [4.78, 5) is 6.96. The van der Waals surface area contributed by atoms with Gasteiger partial charge in [-0.05, 0) is 73.6 Å². The van der Waals surface area contributed by atoms with E-state index in [1.165, 1.54) is 11.4 Å². The number of thiocarbonyl (C=S) groups is 1. The van der Waals surface area contributed by atoms with E-state index in [1.807, 2.05) is 30.5 Å². The van der Waals surface area contributed by atoms with Gasteiger partial charge in [-0.25, -0.2) is 0 Å². The largest absolute Gasteiger partial charge is 0.497 e. The maximum absolute atomic E-state index is 5.77. The van der Waals surface area contributed by atoms with Crippen LogP contribution in [0.4, 0.5) is 0 Å². The fourth-order valence-electron chi connectivity index (χ4n) is 4.19. The Labute approximate surface area is 183 Å². The van der Waals surface area contributed by atoms with E-state index < -0.39 is 0 Å². The van der Waals surface area contributed by atoms with Crippen LogP contribution < -0.4 is 10.1 Å². The SMILES string of the molecule is COc1ccc(-n2c(C)ccc2C2C(c3ccccn3)NC(=S)N2CC(C)C)cc1. The van der Waals surface area contributed by atoms with Gasteiger partial charge in [-0.3, -0.25) is 4.98 Å². The summed E-state index contributed by atoms with van der Waals surface area (Å²) in [7, 11) is 1.69. The van der Waals surface area contributed by atoms with Crippen molar-refractivity contribution in [1.29, 1.82) is 0 Å². The number of methoxy groups -OCH3 is 1. The monoisotopic (exact) mass is 420 g/mol. The molecule has 2 unspecified atom stereocenters. The summed E-state index contributed by atoms with van der Waals surface area (Å²) in [6, 6.07) is 18.7. The highest BCUT2D eigenvalue weighted by Gasteiger charge is 2.41. The van der Waals surface area contributed by atoms with Crippen LogP contribution in [0.25, 0.3) is 5.69 Å². The lowest BCUT2D eigenvalue weighted by atomic mass is 10.0. The van der Waals surface area contributed by atoms with Crippen LogP contribution in [0.1, 0.15) is 43.0 Å². The van der Waals surface area contributed by atoms with E-state index in [-0.39, 0.29) is 12.1 Å². The van der Waals surface area contributed by atoms with Gasteiger partial charge in [-0.2, -0.15) is 0 Å². The second-order valence-corrected chi connectivity index (χ2v) is 8.49. The predicted octanol–water partition coefficient (Wildman–Crippen LogP) is 4.82. The van der Waals surface area contributed by atoms with Crippen LogP contribution in [0.15, 0.2) is 60.8 Å².